The monoisotopic (exact) mass is 320 g/mol. The average Bonchev–Trinajstić information content (AvgIpc) is 2.92. The van der Waals surface area contributed by atoms with Crippen LogP contribution in [0.2, 0.25) is 5.02 Å². The van der Waals surface area contributed by atoms with Crippen molar-refractivity contribution in [3.05, 3.63) is 29.0 Å². The maximum atomic E-state index is 12.9. The minimum Gasteiger partial charge on any atom is -0.491 e. The number of benzene rings is 1. The second-order valence-corrected chi connectivity index (χ2v) is 5.77. The van der Waals surface area contributed by atoms with E-state index in [4.69, 9.17) is 16.3 Å². The van der Waals surface area contributed by atoms with Crippen LogP contribution in [0.1, 0.15) is 0 Å². The summed E-state index contributed by atoms with van der Waals surface area (Å²) in [6.45, 7) is 6.09. The smallest absolute Gasteiger partial charge is 0.138 e. The van der Waals surface area contributed by atoms with Gasteiger partial charge in [-0.1, -0.05) is 11.6 Å². The molecule has 6 heteroatoms. The molecule has 0 aliphatic carbocycles. The Morgan fingerprint density at radius 3 is 2.65 bits per heavy atom. The lowest BCUT2D eigenvalue weighted by molar-refractivity contribution is 0.228. The number of halogens is 3. The lowest BCUT2D eigenvalue weighted by atomic mass is 10.0. The molecule has 112 valence electrons. The lowest BCUT2D eigenvalue weighted by Gasteiger charge is -2.17. The molecule has 1 aromatic carbocycles. The van der Waals surface area contributed by atoms with Crippen LogP contribution in [0, 0.1) is 17.7 Å². The number of nitrogens with one attached hydrogen (secondary N) is 1. The van der Waals surface area contributed by atoms with Gasteiger partial charge in [0.05, 0.1) is 5.02 Å². The number of rotatable bonds is 4. The summed E-state index contributed by atoms with van der Waals surface area (Å²) in [5.74, 6) is 1.82. The Morgan fingerprint density at radius 1 is 1.30 bits per heavy atom. The molecule has 2 saturated heterocycles. The average molecular weight is 321 g/mol. The molecule has 2 heterocycles. The first-order valence-electron chi connectivity index (χ1n) is 6.73. The summed E-state index contributed by atoms with van der Waals surface area (Å²) >= 11 is 5.92. The van der Waals surface area contributed by atoms with Gasteiger partial charge in [-0.05, 0) is 43.1 Å². The van der Waals surface area contributed by atoms with E-state index >= 15 is 0 Å². The summed E-state index contributed by atoms with van der Waals surface area (Å²) in [4.78, 5) is 2.44. The van der Waals surface area contributed by atoms with Crippen LogP contribution >= 0.6 is 24.0 Å². The Kier molecular flexibility index (Phi) is 5.49. The molecule has 3 nitrogen and oxygen atoms in total. The van der Waals surface area contributed by atoms with E-state index in [9.17, 15) is 4.39 Å². The van der Waals surface area contributed by atoms with Crippen LogP contribution in [0.3, 0.4) is 0 Å². The van der Waals surface area contributed by atoms with E-state index < -0.39 is 0 Å². The van der Waals surface area contributed by atoms with Crippen LogP contribution in [0.25, 0.3) is 0 Å². The van der Waals surface area contributed by atoms with Gasteiger partial charge in [-0.3, -0.25) is 4.90 Å². The van der Waals surface area contributed by atoms with Crippen LogP contribution in [0.15, 0.2) is 18.2 Å². The number of nitrogens with zero attached hydrogens (tertiary/aromatic N) is 1. The number of hydrogen-bond acceptors (Lipinski definition) is 3. The minimum atomic E-state index is -0.336. The van der Waals surface area contributed by atoms with Crippen molar-refractivity contribution in [1.29, 1.82) is 0 Å². The van der Waals surface area contributed by atoms with E-state index in [0.29, 0.717) is 17.4 Å². The summed E-state index contributed by atoms with van der Waals surface area (Å²) in [6, 6.07) is 4.23. The molecule has 0 spiro atoms. The maximum absolute atomic E-state index is 12.9. The zero-order valence-corrected chi connectivity index (χ0v) is 12.7. The molecule has 2 aliphatic heterocycles. The van der Waals surface area contributed by atoms with Gasteiger partial charge in [0.15, 0.2) is 0 Å². The Hall–Kier alpha value is -0.550. The molecular formula is C14H19Cl2FN2O. The Balaban J connectivity index is 0.00000147. The molecule has 2 fully saturated rings. The van der Waals surface area contributed by atoms with Gasteiger partial charge in [0, 0.05) is 19.6 Å². The van der Waals surface area contributed by atoms with Crippen molar-refractivity contribution in [2.45, 2.75) is 0 Å². The zero-order chi connectivity index (χ0) is 13.2. The van der Waals surface area contributed by atoms with E-state index in [1.165, 1.54) is 12.1 Å². The molecule has 1 aromatic rings. The van der Waals surface area contributed by atoms with E-state index in [1.807, 2.05) is 0 Å². The molecule has 0 aromatic heterocycles. The van der Waals surface area contributed by atoms with Crippen molar-refractivity contribution in [2.24, 2.45) is 11.8 Å². The summed E-state index contributed by atoms with van der Waals surface area (Å²) in [7, 11) is 0. The Bertz CT molecular complexity index is 449. The molecule has 3 rings (SSSR count). The highest BCUT2D eigenvalue weighted by molar-refractivity contribution is 6.32. The maximum Gasteiger partial charge on any atom is 0.138 e. The van der Waals surface area contributed by atoms with Crippen molar-refractivity contribution in [1.82, 2.24) is 10.2 Å². The third-order valence-corrected chi connectivity index (χ3v) is 4.32. The quantitative estimate of drug-likeness (QED) is 0.922. The van der Waals surface area contributed by atoms with Crippen molar-refractivity contribution in [2.75, 3.05) is 39.3 Å². The number of ether oxygens (including phenoxy) is 1. The Labute approximate surface area is 129 Å². The van der Waals surface area contributed by atoms with Crippen molar-refractivity contribution in [3.63, 3.8) is 0 Å². The summed E-state index contributed by atoms with van der Waals surface area (Å²) < 4.78 is 18.5. The SMILES string of the molecule is Cl.Fc1ccc(OCCN2C[C@H]3CNC[C@H]3C2)c(Cl)c1. The predicted molar refractivity (Wildman–Crippen MR) is 80.4 cm³/mol. The van der Waals surface area contributed by atoms with Crippen LogP contribution < -0.4 is 10.1 Å². The van der Waals surface area contributed by atoms with E-state index in [1.54, 1.807) is 6.07 Å². The highest BCUT2D eigenvalue weighted by atomic mass is 35.5. The van der Waals surface area contributed by atoms with Gasteiger partial charge in [-0.2, -0.15) is 0 Å². The topological polar surface area (TPSA) is 24.5 Å². The fourth-order valence-corrected chi connectivity index (χ4v) is 3.23. The molecule has 2 atom stereocenters. The fourth-order valence-electron chi connectivity index (χ4n) is 3.01. The third kappa shape index (κ3) is 3.55. The molecule has 0 saturated carbocycles. The lowest BCUT2D eigenvalue weighted by Crippen LogP contribution is -2.29. The van der Waals surface area contributed by atoms with Gasteiger partial charge in [-0.15, -0.1) is 12.4 Å². The second kappa shape index (κ2) is 6.94. The van der Waals surface area contributed by atoms with E-state index in [0.717, 1.165) is 44.6 Å². The molecule has 0 radical (unpaired) electrons. The molecule has 0 bridgehead atoms. The normalized spacial score (nSPS) is 25.3. The molecule has 0 unspecified atom stereocenters. The highest BCUT2D eigenvalue weighted by Crippen LogP contribution is 2.27. The standard InChI is InChI=1S/C14H18ClFN2O.ClH/c15-13-5-12(16)1-2-14(13)19-4-3-18-8-10-6-17-7-11(10)9-18;/h1-2,5,10-11,17H,3-4,6-9H2;1H/t10-,11+;. The third-order valence-electron chi connectivity index (χ3n) is 4.02. The summed E-state index contributed by atoms with van der Waals surface area (Å²) in [5.41, 5.74) is 0. The Morgan fingerprint density at radius 2 is 2.00 bits per heavy atom. The first-order chi connectivity index (χ1) is 9.22. The van der Waals surface area contributed by atoms with Gasteiger partial charge < -0.3 is 10.1 Å². The van der Waals surface area contributed by atoms with Crippen LogP contribution in [-0.2, 0) is 0 Å². The summed E-state index contributed by atoms with van der Waals surface area (Å²) in [5, 5.41) is 3.76. The second-order valence-electron chi connectivity index (χ2n) is 5.36. The van der Waals surface area contributed by atoms with Crippen molar-refractivity contribution in [3.8, 4) is 5.75 Å². The molecule has 2 aliphatic rings. The first kappa shape index (κ1) is 15.8. The molecule has 0 amide bonds. The molecule has 20 heavy (non-hydrogen) atoms. The fraction of sp³-hybridized carbons (Fsp3) is 0.571. The van der Waals surface area contributed by atoms with Crippen molar-refractivity contribution >= 4 is 24.0 Å². The zero-order valence-electron chi connectivity index (χ0n) is 11.1. The van der Waals surface area contributed by atoms with E-state index in [-0.39, 0.29) is 18.2 Å². The van der Waals surface area contributed by atoms with Crippen LogP contribution in [0.4, 0.5) is 4.39 Å². The number of likely N-dealkylation sites (tertiary alicyclic amines) is 1. The van der Waals surface area contributed by atoms with E-state index in [2.05, 4.69) is 10.2 Å². The number of fused-ring (bicyclic) bond motifs is 1. The van der Waals surface area contributed by atoms with Crippen LogP contribution in [-0.4, -0.2) is 44.2 Å². The predicted octanol–water partition coefficient (Wildman–Crippen LogP) is 2.43. The number of hydrogen-bond donors (Lipinski definition) is 1. The minimum absolute atomic E-state index is 0. The first-order valence-corrected chi connectivity index (χ1v) is 7.11. The molecular weight excluding hydrogens is 302 g/mol. The highest BCUT2D eigenvalue weighted by Gasteiger charge is 2.35. The van der Waals surface area contributed by atoms with Gasteiger partial charge in [0.2, 0.25) is 0 Å². The van der Waals surface area contributed by atoms with Gasteiger partial charge in [0.25, 0.3) is 0 Å². The molecule has 1 N–H and O–H groups in total. The van der Waals surface area contributed by atoms with Gasteiger partial charge in [-0.25, -0.2) is 4.39 Å². The summed E-state index contributed by atoms with van der Waals surface area (Å²) in [6.07, 6.45) is 0. The van der Waals surface area contributed by atoms with Crippen LogP contribution in [0.5, 0.6) is 5.75 Å². The van der Waals surface area contributed by atoms with Gasteiger partial charge in [0.1, 0.15) is 18.2 Å². The van der Waals surface area contributed by atoms with Crippen molar-refractivity contribution < 1.29 is 9.13 Å². The largest absolute Gasteiger partial charge is 0.491 e. The van der Waals surface area contributed by atoms with Gasteiger partial charge >= 0.3 is 0 Å².